The van der Waals surface area contributed by atoms with Crippen molar-refractivity contribution >= 4 is 34.5 Å². The molecule has 0 nitrogen and oxygen atoms in total. The second kappa shape index (κ2) is 7.02. The summed E-state index contributed by atoms with van der Waals surface area (Å²) >= 11 is 3.51. The topological polar surface area (TPSA) is 0 Å². The Balaban J connectivity index is 1.95. The van der Waals surface area contributed by atoms with Crippen LogP contribution in [0.1, 0.15) is 5.56 Å². The lowest BCUT2D eigenvalue weighted by molar-refractivity contribution is 1.39. The smallest absolute Gasteiger partial charge is 0.0620 e. The Kier molecular flexibility index (Phi) is 4.85. The van der Waals surface area contributed by atoms with Gasteiger partial charge in [-0.15, -0.1) is 0 Å². The second-order valence-electron chi connectivity index (χ2n) is 5.01. The van der Waals surface area contributed by atoms with Crippen LogP contribution >= 0.6 is 23.9 Å². The van der Waals surface area contributed by atoms with E-state index in [1.54, 1.807) is 0 Å². The van der Waals surface area contributed by atoms with Crippen LogP contribution in [0.25, 0.3) is 0 Å². The van der Waals surface area contributed by atoms with Crippen molar-refractivity contribution in [2.45, 2.75) is 6.16 Å². The molecule has 0 spiro atoms. The maximum Gasteiger partial charge on any atom is 0.0970 e. The van der Waals surface area contributed by atoms with Gasteiger partial charge in [0.25, 0.3) is 0 Å². The Morgan fingerprint density at radius 1 is 0.619 bits per heavy atom. The molecular weight excluding hydrogens is 339 g/mol. The average Bonchev–Trinajstić information content (AvgIpc) is 2.56. The zero-order chi connectivity index (χ0) is 14.5. The number of halogens is 1. The van der Waals surface area contributed by atoms with Gasteiger partial charge in [0.05, 0.1) is 24.7 Å². The maximum atomic E-state index is 3.51. The van der Waals surface area contributed by atoms with Crippen LogP contribution in [0.2, 0.25) is 0 Å². The highest BCUT2D eigenvalue weighted by atomic mass is 79.9. The molecule has 0 unspecified atom stereocenters. The summed E-state index contributed by atoms with van der Waals surface area (Å²) in [6, 6.07) is 30.5. The molecule has 0 saturated carbocycles. The molecular formula is C19H17BrP+. The van der Waals surface area contributed by atoms with Crippen molar-refractivity contribution in [3.05, 3.63) is 95.0 Å². The molecule has 0 fully saturated rings. The molecule has 104 valence electrons. The van der Waals surface area contributed by atoms with Gasteiger partial charge in [-0.3, -0.25) is 0 Å². The third-order valence-electron chi connectivity index (χ3n) is 3.54. The van der Waals surface area contributed by atoms with E-state index in [1.807, 2.05) is 0 Å². The number of hydrogen-bond acceptors (Lipinski definition) is 0. The van der Waals surface area contributed by atoms with Gasteiger partial charge in [0.1, 0.15) is 0 Å². The van der Waals surface area contributed by atoms with Crippen LogP contribution in [-0.2, 0) is 6.16 Å². The molecule has 0 aliphatic carbocycles. The van der Waals surface area contributed by atoms with E-state index in [9.17, 15) is 0 Å². The summed E-state index contributed by atoms with van der Waals surface area (Å²) in [5.74, 6) is 0. The first-order valence-corrected chi connectivity index (χ1v) is 9.54. The predicted octanol–water partition coefficient (Wildman–Crippen LogP) is 4.81. The van der Waals surface area contributed by atoms with E-state index < -0.39 is 7.92 Å². The van der Waals surface area contributed by atoms with Crippen molar-refractivity contribution in [1.29, 1.82) is 0 Å². The first kappa shape index (κ1) is 14.5. The number of benzene rings is 3. The third kappa shape index (κ3) is 3.81. The fourth-order valence-corrected chi connectivity index (χ4v) is 5.30. The van der Waals surface area contributed by atoms with Crippen LogP contribution in [0.5, 0.6) is 0 Å². The zero-order valence-corrected chi connectivity index (χ0v) is 14.3. The molecule has 3 aromatic carbocycles. The van der Waals surface area contributed by atoms with Crippen molar-refractivity contribution in [3.8, 4) is 0 Å². The van der Waals surface area contributed by atoms with Crippen molar-refractivity contribution in [2.75, 3.05) is 0 Å². The Morgan fingerprint density at radius 2 is 1.10 bits per heavy atom. The van der Waals surface area contributed by atoms with E-state index in [-0.39, 0.29) is 0 Å². The SMILES string of the molecule is Brc1ccc(C[PH+](c2ccccc2)c2ccccc2)cc1. The van der Waals surface area contributed by atoms with E-state index >= 15 is 0 Å². The summed E-state index contributed by atoms with van der Waals surface area (Å²) in [6.45, 7) is 0. The third-order valence-corrected chi connectivity index (χ3v) is 6.89. The highest BCUT2D eigenvalue weighted by molar-refractivity contribution is 9.10. The lowest BCUT2D eigenvalue weighted by Gasteiger charge is -2.11. The molecule has 0 aliphatic rings. The molecule has 0 amide bonds. The van der Waals surface area contributed by atoms with Gasteiger partial charge in [0.15, 0.2) is 0 Å². The van der Waals surface area contributed by atoms with E-state index in [0.29, 0.717) is 0 Å². The minimum absolute atomic E-state index is 0.780. The van der Waals surface area contributed by atoms with Crippen molar-refractivity contribution in [2.24, 2.45) is 0 Å². The van der Waals surface area contributed by atoms with Gasteiger partial charge in [-0.25, -0.2) is 0 Å². The quantitative estimate of drug-likeness (QED) is 0.589. The number of hydrogen-bond donors (Lipinski definition) is 0. The highest BCUT2D eigenvalue weighted by Gasteiger charge is 2.22. The van der Waals surface area contributed by atoms with Gasteiger partial charge in [-0.2, -0.15) is 0 Å². The molecule has 3 rings (SSSR count). The van der Waals surface area contributed by atoms with Crippen LogP contribution in [0.15, 0.2) is 89.4 Å². The summed E-state index contributed by atoms with van der Waals surface area (Å²) in [5.41, 5.74) is 1.40. The average molecular weight is 356 g/mol. The molecule has 21 heavy (non-hydrogen) atoms. The summed E-state index contributed by atoms with van der Waals surface area (Å²) in [5, 5.41) is 2.94. The first-order valence-electron chi connectivity index (χ1n) is 7.04. The molecule has 0 aliphatic heterocycles. The van der Waals surface area contributed by atoms with Crippen LogP contribution in [0, 0.1) is 0 Å². The molecule has 0 heterocycles. The fraction of sp³-hybridized carbons (Fsp3) is 0.0526. The van der Waals surface area contributed by atoms with E-state index in [2.05, 4.69) is 101 Å². The van der Waals surface area contributed by atoms with Crippen LogP contribution in [-0.4, -0.2) is 0 Å². The Bertz CT molecular complexity index is 638. The maximum absolute atomic E-state index is 3.51. The van der Waals surface area contributed by atoms with E-state index in [4.69, 9.17) is 0 Å². The Morgan fingerprint density at radius 3 is 1.57 bits per heavy atom. The summed E-state index contributed by atoms with van der Waals surface area (Å²) in [7, 11) is -0.780. The van der Waals surface area contributed by atoms with Gasteiger partial charge in [-0.05, 0) is 42.0 Å². The summed E-state index contributed by atoms with van der Waals surface area (Å²) in [6.07, 6.45) is 1.12. The zero-order valence-electron chi connectivity index (χ0n) is 11.7. The number of rotatable bonds is 4. The van der Waals surface area contributed by atoms with Gasteiger partial charge >= 0.3 is 0 Å². The molecule has 0 N–H and O–H groups in total. The largest absolute Gasteiger partial charge is 0.0970 e. The molecule has 0 bridgehead atoms. The van der Waals surface area contributed by atoms with Gasteiger partial charge in [0.2, 0.25) is 0 Å². The molecule has 0 saturated heterocycles. The van der Waals surface area contributed by atoms with Crippen molar-refractivity contribution in [1.82, 2.24) is 0 Å². The second-order valence-corrected chi connectivity index (χ2v) is 8.39. The predicted molar refractivity (Wildman–Crippen MR) is 98.3 cm³/mol. The molecule has 0 radical (unpaired) electrons. The van der Waals surface area contributed by atoms with Crippen molar-refractivity contribution < 1.29 is 0 Å². The van der Waals surface area contributed by atoms with Gasteiger partial charge in [-0.1, -0.05) is 64.5 Å². The monoisotopic (exact) mass is 355 g/mol. The summed E-state index contributed by atoms with van der Waals surface area (Å²) in [4.78, 5) is 0. The first-order chi connectivity index (χ1) is 10.3. The fourth-order valence-electron chi connectivity index (χ4n) is 2.46. The van der Waals surface area contributed by atoms with Crippen molar-refractivity contribution in [3.63, 3.8) is 0 Å². The summed E-state index contributed by atoms with van der Waals surface area (Å²) < 4.78 is 1.14. The molecule has 0 atom stereocenters. The van der Waals surface area contributed by atoms with E-state index in [1.165, 1.54) is 16.2 Å². The van der Waals surface area contributed by atoms with Gasteiger partial charge < -0.3 is 0 Å². The minimum atomic E-state index is -0.780. The normalized spacial score (nSPS) is 10.8. The molecule has 0 aromatic heterocycles. The standard InChI is InChI=1S/C19H16BrP/c20-17-13-11-16(12-14-17)15-21(18-7-3-1-4-8-18)19-9-5-2-6-10-19/h1-14H,15H2/p+1. The van der Waals surface area contributed by atoms with Crippen LogP contribution in [0.4, 0.5) is 0 Å². The lowest BCUT2D eigenvalue weighted by atomic mass is 10.2. The highest BCUT2D eigenvalue weighted by Crippen LogP contribution is 2.37. The molecule has 2 heteroatoms. The molecule has 3 aromatic rings. The Labute approximate surface area is 135 Å². The van der Waals surface area contributed by atoms with Gasteiger partial charge in [0, 0.05) is 4.47 Å². The minimum Gasteiger partial charge on any atom is -0.0620 e. The van der Waals surface area contributed by atoms with E-state index in [0.717, 1.165) is 10.6 Å². The van der Waals surface area contributed by atoms with Crippen LogP contribution < -0.4 is 10.6 Å². The Hall–Kier alpha value is -1.43. The lowest BCUT2D eigenvalue weighted by Crippen LogP contribution is -2.12. The van der Waals surface area contributed by atoms with Crippen LogP contribution in [0.3, 0.4) is 0 Å².